The van der Waals surface area contributed by atoms with Crippen LogP contribution in [0.15, 0.2) is 34.0 Å². The Labute approximate surface area is 165 Å². The number of hydrogen-bond acceptors (Lipinski definition) is 8. The lowest BCUT2D eigenvalue weighted by atomic mass is 9.77. The second-order valence-corrected chi connectivity index (χ2v) is 6.28. The predicted octanol–water partition coefficient (Wildman–Crippen LogP) is 0.949. The normalized spacial score (nSPS) is 17.7. The number of nitrogens with one attached hydrogen (secondary N) is 3. The van der Waals surface area contributed by atoms with Crippen LogP contribution in [0.25, 0.3) is 0 Å². The van der Waals surface area contributed by atoms with E-state index in [0.29, 0.717) is 22.8 Å². The molecular weight excluding hydrogens is 382 g/mol. The number of H-pyrrole nitrogens is 2. The molecule has 154 valence electrons. The zero-order valence-electron chi connectivity index (χ0n) is 16.4. The van der Waals surface area contributed by atoms with Gasteiger partial charge in [0.25, 0.3) is 5.56 Å². The summed E-state index contributed by atoms with van der Waals surface area (Å²) in [6.07, 6.45) is 0. The van der Waals surface area contributed by atoms with Gasteiger partial charge in [-0.25, -0.2) is 4.79 Å². The van der Waals surface area contributed by atoms with Gasteiger partial charge in [-0.1, -0.05) is 6.58 Å². The number of esters is 1. The molecule has 29 heavy (non-hydrogen) atoms. The third-order valence-electron chi connectivity index (χ3n) is 4.79. The Balaban J connectivity index is 2.35. The van der Waals surface area contributed by atoms with Crippen molar-refractivity contribution in [2.24, 2.45) is 5.92 Å². The Hall–Kier alpha value is -3.69. The van der Waals surface area contributed by atoms with Crippen molar-refractivity contribution in [2.75, 3.05) is 33.8 Å². The minimum Gasteiger partial charge on any atom is -0.493 e. The van der Waals surface area contributed by atoms with Crippen molar-refractivity contribution >= 4 is 11.8 Å². The third-order valence-corrected chi connectivity index (χ3v) is 4.79. The number of benzene rings is 1. The number of aromatic nitrogens is 2. The van der Waals surface area contributed by atoms with Crippen molar-refractivity contribution in [1.82, 2.24) is 9.97 Å². The van der Waals surface area contributed by atoms with Gasteiger partial charge < -0.3 is 24.3 Å². The Kier molecular flexibility index (Phi) is 5.35. The first-order chi connectivity index (χ1) is 13.9. The summed E-state index contributed by atoms with van der Waals surface area (Å²) in [7, 11) is 5.62. The Morgan fingerprint density at radius 2 is 1.62 bits per heavy atom. The van der Waals surface area contributed by atoms with E-state index in [1.807, 2.05) is 0 Å². The van der Waals surface area contributed by atoms with Gasteiger partial charge in [-0.2, -0.15) is 0 Å². The smallest absolute Gasteiger partial charge is 0.327 e. The summed E-state index contributed by atoms with van der Waals surface area (Å²) in [5.74, 6) is -1.17. The van der Waals surface area contributed by atoms with Crippen LogP contribution in [-0.4, -0.2) is 44.4 Å². The maximum atomic E-state index is 12.7. The summed E-state index contributed by atoms with van der Waals surface area (Å²) in [4.78, 5) is 41.7. The highest BCUT2D eigenvalue weighted by Crippen LogP contribution is 2.46. The number of carbonyl (C=O) groups excluding carboxylic acids is 1. The second-order valence-electron chi connectivity index (χ2n) is 6.28. The second kappa shape index (κ2) is 7.74. The van der Waals surface area contributed by atoms with E-state index in [1.54, 1.807) is 12.1 Å². The number of anilines is 1. The zero-order chi connectivity index (χ0) is 21.3. The topological polar surface area (TPSA) is 132 Å². The van der Waals surface area contributed by atoms with Crippen LogP contribution >= 0.6 is 0 Å². The summed E-state index contributed by atoms with van der Waals surface area (Å²) in [5.41, 5.74) is -0.395. The first-order valence-corrected chi connectivity index (χ1v) is 8.56. The van der Waals surface area contributed by atoms with Gasteiger partial charge in [0.15, 0.2) is 11.5 Å². The molecule has 10 nitrogen and oxygen atoms in total. The Morgan fingerprint density at radius 1 is 1.00 bits per heavy atom. The van der Waals surface area contributed by atoms with E-state index in [1.165, 1.54) is 28.4 Å². The van der Waals surface area contributed by atoms with Crippen molar-refractivity contribution in [1.29, 1.82) is 0 Å². The molecule has 2 heterocycles. The van der Waals surface area contributed by atoms with Crippen LogP contribution in [0.4, 0.5) is 5.82 Å². The average Bonchev–Trinajstić information content (AvgIpc) is 2.70. The molecule has 2 atom stereocenters. The summed E-state index contributed by atoms with van der Waals surface area (Å²) >= 11 is 0. The maximum Gasteiger partial charge on any atom is 0.327 e. The zero-order valence-corrected chi connectivity index (χ0v) is 16.4. The number of rotatable bonds is 5. The number of aromatic amines is 2. The van der Waals surface area contributed by atoms with Crippen LogP contribution in [0.3, 0.4) is 0 Å². The third kappa shape index (κ3) is 3.33. The molecular formula is C19H21N3O7. The van der Waals surface area contributed by atoms with E-state index >= 15 is 0 Å². The molecule has 0 unspecified atom stereocenters. The van der Waals surface area contributed by atoms with Crippen LogP contribution in [-0.2, 0) is 9.53 Å². The van der Waals surface area contributed by atoms with Crippen molar-refractivity contribution in [3.05, 3.63) is 56.4 Å². The van der Waals surface area contributed by atoms with Crippen LogP contribution in [0.2, 0.25) is 0 Å². The molecule has 0 radical (unpaired) electrons. The number of hydrogen-bond donors (Lipinski definition) is 3. The first kappa shape index (κ1) is 20.1. The molecule has 1 aromatic heterocycles. The maximum absolute atomic E-state index is 12.7. The first-order valence-electron chi connectivity index (χ1n) is 8.56. The molecule has 2 aromatic rings. The van der Waals surface area contributed by atoms with E-state index in [-0.39, 0.29) is 17.1 Å². The fourth-order valence-electron chi connectivity index (χ4n) is 3.54. The monoisotopic (exact) mass is 403 g/mol. The van der Waals surface area contributed by atoms with Gasteiger partial charge in [-0.05, 0) is 17.7 Å². The molecule has 0 bridgehead atoms. The van der Waals surface area contributed by atoms with Crippen molar-refractivity contribution in [3.63, 3.8) is 0 Å². The fraction of sp³-hybridized carbons (Fsp3) is 0.316. The largest absolute Gasteiger partial charge is 0.493 e. The van der Waals surface area contributed by atoms with Crippen molar-refractivity contribution in [3.8, 4) is 17.2 Å². The van der Waals surface area contributed by atoms with E-state index in [4.69, 9.17) is 18.9 Å². The molecule has 0 saturated heterocycles. The summed E-state index contributed by atoms with van der Waals surface area (Å²) in [6.45, 7) is 3.88. The standard InChI is InChI=1S/C19H21N3O7/c1-8-12(18(24)29-5)13(14-16(20-8)21-19(25)22-17(14)23)9-6-10(26-2)15(28-4)11(7-9)27-3/h6-7,12-13H,1H2,2-5H3,(H3,20,21,22,23,25)/t12-,13+/m0/s1. The molecule has 10 heteroatoms. The Bertz CT molecular complexity index is 1060. The highest BCUT2D eigenvalue weighted by Gasteiger charge is 2.42. The molecule has 0 spiro atoms. The number of fused-ring (bicyclic) bond motifs is 1. The van der Waals surface area contributed by atoms with Crippen LogP contribution in [0.1, 0.15) is 17.0 Å². The number of ether oxygens (including phenoxy) is 4. The minimum absolute atomic E-state index is 0.154. The van der Waals surface area contributed by atoms with Gasteiger partial charge in [-0.3, -0.25) is 19.6 Å². The van der Waals surface area contributed by atoms with Crippen LogP contribution in [0, 0.1) is 5.92 Å². The average molecular weight is 403 g/mol. The molecule has 0 fully saturated rings. The SMILES string of the molecule is C=C1Nc2[nH]c(=O)[nH]c(=O)c2[C@H](c2cc(OC)c(OC)c(OC)c2)[C@H]1C(=O)OC. The lowest BCUT2D eigenvalue weighted by molar-refractivity contribution is -0.144. The fourth-order valence-corrected chi connectivity index (χ4v) is 3.54. The molecule has 1 aliphatic heterocycles. The molecule has 0 saturated carbocycles. The number of carbonyl (C=O) groups is 1. The van der Waals surface area contributed by atoms with Crippen molar-refractivity contribution < 1.29 is 23.7 Å². The summed E-state index contributed by atoms with van der Waals surface area (Å²) in [6, 6.07) is 3.27. The lowest BCUT2D eigenvalue weighted by Gasteiger charge is -2.33. The molecule has 1 aliphatic rings. The highest BCUT2D eigenvalue weighted by atomic mass is 16.5. The van der Waals surface area contributed by atoms with Gasteiger partial charge in [0, 0.05) is 11.6 Å². The predicted molar refractivity (Wildman–Crippen MR) is 104 cm³/mol. The van der Waals surface area contributed by atoms with E-state index < -0.39 is 29.1 Å². The van der Waals surface area contributed by atoms with Crippen molar-refractivity contribution in [2.45, 2.75) is 5.92 Å². The molecule has 0 aliphatic carbocycles. The molecule has 3 N–H and O–H groups in total. The minimum atomic E-state index is -0.942. The van der Waals surface area contributed by atoms with Gasteiger partial charge in [0.1, 0.15) is 11.7 Å². The summed E-state index contributed by atoms with van der Waals surface area (Å²) < 4.78 is 21.1. The quantitative estimate of drug-likeness (QED) is 0.629. The lowest BCUT2D eigenvalue weighted by Crippen LogP contribution is -2.40. The van der Waals surface area contributed by atoms with E-state index in [9.17, 15) is 14.4 Å². The van der Waals surface area contributed by atoms with Gasteiger partial charge in [0.2, 0.25) is 5.75 Å². The summed E-state index contributed by atoms with van der Waals surface area (Å²) in [5, 5.41) is 2.83. The van der Waals surface area contributed by atoms with Gasteiger partial charge in [-0.15, -0.1) is 0 Å². The molecule has 0 amide bonds. The van der Waals surface area contributed by atoms with Crippen LogP contribution < -0.4 is 30.8 Å². The number of methoxy groups -OCH3 is 4. The molecule has 3 rings (SSSR count). The molecule has 1 aromatic carbocycles. The Morgan fingerprint density at radius 3 is 2.14 bits per heavy atom. The highest BCUT2D eigenvalue weighted by molar-refractivity contribution is 5.81. The van der Waals surface area contributed by atoms with Crippen LogP contribution in [0.5, 0.6) is 17.2 Å². The van der Waals surface area contributed by atoms with E-state index in [0.717, 1.165) is 0 Å². The van der Waals surface area contributed by atoms with Gasteiger partial charge in [0.05, 0.1) is 34.0 Å². The van der Waals surface area contributed by atoms with E-state index in [2.05, 4.69) is 21.9 Å². The van der Waals surface area contributed by atoms with Gasteiger partial charge >= 0.3 is 11.7 Å².